The molecule has 1 fully saturated rings. The Morgan fingerprint density at radius 3 is 1.12 bits per heavy atom. The van der Waals surface area contributed by atoms with E-state index in [2.05, 4.69) is 142 Å². The molecule has 6 unspecified atom stereocenters. The number of hydrogen-bond acceptors (Lipinski definition) is 11. The largest absolute Gasteiger partial charge is 0.479 e. The number of aliphatic carboxylic acids is 1. The Kier molecular flexibility index (Phi) is 50.9. The molecule has 458 valence electrons. The lowest BCUT2D eigenvalue weighted by Gasteiger charge is -2.40. The van der Waals surface area contributed by atoms with E-state index in [-0.39, 0.29) is 25.9 Å². The maximum Gasteiger partial charge on any atom is 0.335 e. The molecule has 0 aromatic heterocycles. The Morgan fingerprint density at radius 1 is 0.407 bits per heavy atom. The van der Waals surface area contributed by atoms with Crippen LogP contribution in [0.4, 0.5) is 0 Å². The monoisotopic (exact) mass is 1130 g/mol. The van der Waals surface area contributed by atoms with Gasteiger partial charge in [-0.25, -0.2) is 4.79 Å². The van der Waals surface area contributed by atoms with E-state index in [1.807, 2.05) is 0 Å². The van der Waals surface area contributed by atoms with Crippen molar-refractivity contribution < 1.29 is 58.2 Å². The fraction of sp³-hybridized carbons (Fsp3) is 0.652. The predicted octanol–water partition coefficient (Wildman–Crippen LogP) is 16.8. The number of hydrogen-bond donors (Lipinski definition) is 3. The fourth-order valence-corrected chi connectivity index (χ4v) is 8.80. The Balaban J connectivity index is 2.69. The second-order valence-corrected chi connectivity index (χ2v) is 20.9. The van der Waals surface area contributed by atoms with Crippen LogP contribution in [0.15, 0.2) is 122 Å². The van der Waals surface area contributed by atoms with Crippen molar-refractivity contribution in [3.63, 3.8) is 0 Å². The van der Waals surface area contributed by atoms with Gasteiger partial charge in [0.05, 0.1) is 6.61 Å². The number of carbonyl (C=O) groups excluding carboxylic acids is 3. The molecule has 0 saturated carbocycles. The topological polar surface area (TPSA) is 175 Å². The average molecular weight is 1130 g/mol. The highest BCUT2D eigenvalue weighted by atomic mass is 16.7. The smallest absolute Gasteiger partial charge is 0.335 e. The van der Waals surface area contributed by atoms with Gasteiger partial charge in [0.2, 0.25) is 0 Å². The van der Waals surface area contributed by atoms with E-state index in [1.165, 1.54) is 6.42 Å². The fourth-order valence-electron chi connectivity index (χ4n) is 8.80. The van der Waals surface area contributed by atoms with Gasteiger partial charge in [-0.3, -0.25) is 14.4 Å². The lowest BCUT2D eigenvalue weighted by molar-refractivity contribution is -0.301. The predicted molar refractivity (Wildman–Crippen MR) is 330 cm³/mol. The van der Waals surface area contributed by atoms with Crippen LogP contribution in [0.25, 0.3) is 0 Å². The van der Waals surface area contributed by atoms with Gasteiger partial charge in [-0.2, -0.15) is 0 Å². The van der Waals surface area contributed by atoms with Crippen LogP contribution >= 0.6 is 0 Å². The van der Waals surface area contributed by atoms with Crippen LogP contribution < -0.4 is 0 Å². The maximum absolute atomic E-state index is 13.2. The normalized spacial score (nSPS) is 18.6. The van der Waals surface area contributed by atoms with Crippen molar-refractivity contribution >= 4 is 23.9 Å². The van der Waals surface area contributed by atoms with Crippen LogP contribution in [-0.4, -0.2) is 89.2 Å². The van der Waals surface area contributed by atoms with Crippen molar-refractivity contribution in [3.8, 4) is 0 Å². The Morgan fingerprint density at radius 2 is 0.741 bits per heavy atom. The van der Waals surface area contributed by atoms with Crippen LogP contribution in [0, 0.1) is 0 Å². The molecule has 0 aliphatic carbocycles. The molecule has 1 heterocycles. The number of aliphatic hydroxyl groups is 2. The first-order valence-electron chi connectivity index (χ1n) is 31.5. The van der Waals surface area contributed by atoms with Gasteiger partial charge >= 0.3 is 23.9 Å². The third-order valence-corrected chi connectivity index (χ3v) is 13.5. The summed E-state index contributed by atoms with van der Waals surface area (Å²) in [6.45, 7) is 5.64. The molecule has 0 bridgehead atoms. The number of unbranched alkanes of at least 4 members (excludes halogenated alkanes) is 18. The van der Waals surface area contributed by atoms with Crippen LogP contribution in [0.2, 0.25) is 0 Å². The van der Waals surface area contributed by atoms with Crippen molar-refractivity contribution in [1.29, 1.82) is 0 Å². The lowest BCUT2D eigenvalue weighted by Crippen LogP contribution is -2.61. The molecule has 0 radical (unpaired) electrons. The summed E-state index contributed by atoms with van der Waals surface area (Å²) in [7, 11) is 0. The van der Waals surface area contributed by atoms with E-state index in [4.69, 9.17) is 23.7 Å². The van der Waals surface area contributed by atoms with Crippen LogP contribution in [0.5, 0.6) is 0 Å². The number of carboxylic acids is 1. The summed E-state index contributed by atoms with van der Waals surface area (Å²) in [6.07, 6.45) is 64.4. The van der Waals surface area contributed by atoms with Crippen molar-refractivity contribution in [3.05, 3.63) is 122 Å². The van der Waals surface area contributed by atoms with Gasteiger partial charge in [0.25, 0.3) is 0 Å². The molecule has 0 amide bonds. The van der Waals surface area contributed by atoms with Gasteiger partial charge in [-0.05, 0) is 122 Å². The van der Waals surface area contributed by atoms with Gasteiger partial charge in [0.1, 0.15) is 18.8 Å². The lowest BCUT2D eigenvalue weighted by atomic mass is 9.98. The number of carboxylic acid groups (broad SMARTS) is 1. The third kappa shape index (κ3) is 45.3. The first-order valence-corrected chi connectivity index (χ1v) is 31.5. The molecular formula is C69H110O12. The highest BCUT2D eigenvalue weighted by Gasteiger charge is 2.50. The van der Waals surface area contributed by atoms with E-state index < -0.39 is 67.3 Å². The second-order valence-electron chi connectivity index (χ2n) is 20.9. The minimum atomic E-state index is -1.92. The van der Waals surface area contributed by atoms with Crippen molar-refractivity contribution in [1.82, 2.24) is 0 Å². The molecule has 1 saturated heterocycles. The van der Waals surface area contributed by atoms with Crippen LogP contribution in [-0.2, 0) is 42.9 Å². The number of aliphatic hydroxyl groups excluding tert-OH is 2. The Bertz CT molecular complexity index is 1870. The quantitative estimate of drug-likeness (QED) is 0.0228. The molecule has 6 atom stereocenters. The molecule has 0 aromatic rings. The molecule has 81 heavy (non-hydrogen) atoms. The summed E-state index contributed by atoms with van der Waals surface area (Å²) < 4.78 is 28.5. The highest BCUT2D eigenvalue weighted by molar-refractivity contribution is 5.74. The number of ether oxygens (including phenoxy) is 5. The minimum absolute atomic E-state index is 0.0350. The van der Waals surface area contributed by atoms with Gasteiger partial charge in [0, 0.05) is 19.3 Å². The summed E-state index contributed by atoms with van der Waals surface area (Å²) in [4.78, 5) is 51.3. The molecule has 12 nitrogen and oxygen atoms in total. The molecule has 0 aromatic carbocycles. The molecule has 1 aliphatic rings. The second kappa shape index (κ2) is 55.6. The van der Waals surface area contributed by atoms with Crippen molar-refractivity contribution in [2.75, 3.05) is 13.2 Å². The average Bonchev–Trinajstić information content (AvgIpc) is 3.54. The highest BCUT2D eigenvalue weighted by Crippen LogP contribution is 2.26. The van der Waals surface area contributed by atoms with Crippen molar-refractivity contribution in [2.24, 2.45) is 0 Å². The SMILES string of the molecule is CC/C=C\C/C=C\C/C=C\C/C=C\CCCCCCCCC(=O)OC1C(OCC(COC(=O)CCCCCCCCC/C=C\C/C=C\C/C=C\CC)OC(=O)CCCCCCC/C=C\C/C=C\C/C=C\CC)OC(C(=O)O)C(O)C1O. The summed E-state index contributed by atoms with van der Waals surface area (Å²) in [6, 6.07) is 0. The zero-order valence-corrected chi connectivity index (χ0v) is 50.5. The molecule has 0 spiro atoms. The molecule has 1 aliphatic heterocycles. The van der Waals surface area contributed by atoms with Crippen molar-refractivity contribution in [2.45, 2.75) is 276 Å². The van der Waals surface area contributed by atoms with E-state index in [1.54, 1.807) is 0 Å². The van der Waals surface area contributed by atoms with Gasteiger partial charge in [-0.1, -0.05) is 219 Å². The summed E-state index contributed by atoms with van der Waals surface area (Å²) >= 11 is 0. The molecule has 12 heteroatoms. The third-order valence-electron chi connectivity index (χ3n) is 13.5. The van der Waals surface area contributed by atoms with Gasteiger partial charge in [-0.15, -0.1) is 0 Å². The summed E-state index contributed by atoms with van der Waals surface area (Å²) in [5.41, 5.74) is 0. The first-order chi connectivity index (χ1) is 39.6. The Hall–Kier alpha value is -4.88. The number of allylic oxidation sites excluding steroid dienone is 20. The van der Waals surface area contributed by atoms with Gasteiger partial charge in [0.15, 0.2) is 24.6 Å². The standard InChI is InChI=1S/C69H110O12/c1-4-7-10-13-16-19-22-25-28-30-31-33-36-39-42-45-48-51-54-57-63(72)80-67-65(74)64(73)66(68(75)76)81-69(67)78-59-60(79-62(71)56-53-50-47-44-41-38-34-27-24-21-18-15-12-9-6-3)58-77-61(70)55-52-49-46-43-40-37-35-32-29-26-23-20-17-14-11-8-5-2/h7-12,16-21,25-29,31,33-34,60,64-67,69,73-74H,4-6,13-15,22-24,30,32,35-59H2,1-3H3,(H,75,76)/b10-7-,11-8-,12-9-,19-16-,20-17-,21-18-,28-25-,29-26-,33-31-,34-27-. The van der Waals surface area contributed by atoms with E-state index in [0.717, 1.165) is 173 Å². The number of rotatable bonds is 52. The van der Waals surface area contributed by atoms with Gasteiger partial charge < -0.3 is 39.0 Å². The minimum Gasteiger partial charge on any atom is -0.479 e. The Labute approximate surface area is 490 Å². The van der Waals surface area contributed by atoms with E-state index in [0.29, 0.717) is 19.3 Å². The summed E-state index contributed by atoms with van der Waals surface area (Å²) in [5.74, 6) is -3.18. The number of esters is 3. The zero-order chi connectivity index (χ0) is 58.9. The maximum atomic E-state index is 13.2. The van der Waals surface area contributed by atoms with Crippen LogP contribution in [0.1, 0.15) is 239 Å². The first kappa shape index (κ1) is 74.1. The molecule has 1 rings (SSSR count). The molecular weight excluding hydrogens is 1020 g/mol. The number of carbonyl (C=O) groups is 4. The summed E-state index contributed by atoms with van der Waals surface area (Å²) in [5, 5.41) is 31.6. The van der Waals surface area contributed by atoms with E-state index >= 15 is 0 Å². The van der Waals surface area contributed by atoms with E-state index in [9.17, 15) is 34.5 Å². The van der Waals surface area contributed by atoms with Crippen LogP contribution in [0.3, 0.4) is 0 Å². The molecule has 3 N–H and O–H groups in total. The zero-order valence-electron chi connectivity index (χ0n) is 50.5.